The van der Waals surface area contributed by atoms with E-state index in [-0.39, 0.29) is 5.54 Å². The molecule has 2 nitrogen and oxygen atoms in total. The van der Waals surface area contributed by atoms with Crippen molar-refractivity contribution in [3.8, 4) is 16.9 Å². The van der Waals surface area contributed by atoms with Crippen molar-refractivity contribution in [2.45, 2.75) is 24.8 Å². The molecule has 0 aliphatic carbocycles. The lowest BCUT2D eigenvalue weighted by molar-refractivity contribution is 0.171. The van der Waals surface area contributed by atoms with Crippen molar-refractivity contribution in [3.05, 3.63) is 54.1 Å². The molecule has 2 heteroatoms. The SMILES string of the molecule is C[C@@]12COc3ccc(-c4ccccc4)cc3[C@@H]1CCN2. The third-order valence-corrected chi connectivity index (χ3v) is 4.75. The molecule has 1 fully saturated rings. The Balaban J connectivity index is 1.81. The van der Waals surface area contributed by atoms with E-state index in [4.69, 9.17) is 4.74 Å². The molecule has 2 aromatic rings. The van der Waals surface area contributed by atoms with Crippen LogP contribution in [0.5, 0.6) is 5.75 Å². The van der Waals surface area contributed by atoms with Gasteiger partial charge in [-0.15, -0.1) is 0 Å². The van der Waals surface area contributed by atoms with Crippen molar-refractivity contribution in [2.24, 2.45) is 0 Å². The molecule has 102 valence electrons. The minimum absolute atomic E-state index is 0.0995. The summed E-state index contributed by atoms with van der Waals surface area (Å²) in [5, 5.41) is 3.61. The second-order valence-corrected chi connectivity index (χ2v) is 6.09. The van der Waals surface area contributed by atoms with Crippen LogP contribution in [0.2, 0.25) is 0 Å². The highest BCUT2D eigenvalue weighted by Gasteiger charge is 2.44. The molecule has 2 heterocycles. The molecule has 0 aromatic heterocycles. The van der Waals surface area contributed by atoms with Gasteiger partial charge in [0.05, 0.1) is 5.54 Å². The fourth-order valence-electron chi connectivity index (χ4n) is 3.58. The molecule has 0 spiro atoms. The van der Waals surface area contributed by atoms with E-state index in [0.717, 1.165) is 18.9 Å². The Hall–Kier alpha value is -1.80. The first-order chi connectivity index (χ1) is 9.76. The summed E-state index contributed by atoms with van der Waals surface area (Å²) in [7, 11) is 0. The average molecular weight is 265 g/mol. The second-order valence-electron chi connectivity index (χ2n) is 6.09. The summed E-state index contributed by atoms with van der Waals surface area (Å²) in [6.45, 7) is 4.14. The number of fused-ring (bicyclic) bond motifs is 3. The van der Waals surface area contributed by atoms with Gasteiger partial charge in [0.1, 0.15) is 12.4 Å². The van der Waals surface area contributed by atoms with E-state index in [9.17, 15) is 0 Å². The lowest BCUT2D eigenvalue weighted by atomic mass is 9.79. The highest BCUT2D eigenvalue weighted by molar-refractivity contribution is 5.66. The highest BCUT2D eigenvalue weighted by atomic mass is 16.5. The zero-order valence-corrected chi connectivity index (χ0v) is 11.7. The largest absolute Gasteiger partial charge is 0.491 e. The molecule has 4 rings (SSSR count). The van der Waals surface area contributed by atoms with Gasteiger partial charge in [-0.05, 0) is 48.7 Å². The van der Waals surface area contributed by atoms with E-state index in [1.165, 1.54) is 23.1 Å². The van der Waals surface area contributed by atoms with Crippen molar-refractivity contribution in [2.75, 3.05) is 13.2 Å². The zero-order valence-electron chi connectivity index (χ0n) is 11.7. The van der Waals surface area contributed by atoms with E-state index >= 15 is 0 Å². The molecule has 1 saturated heterocycles. The van der Waals surface area contributed by atoms with Crippen molar-refractivity contribution < 1.29 is 4.74 Å². The Labute approximate surface area is 119 Å². The smallest absolute Gasteiger partial charge is 0.122 e. The van der Waals surface area contributed by atoms with Crippen molar-refractivity contribution in [3.63, 3.8) is 0 Å². The van der Waals surface area contributed by atoms with E-state index < -0.39 is 0 Å². The standard InChI is InChI=1S/C18H19NO/c1-18-12-20-17-8-7-14(13-5-3-2-4-6-13)11-15(17)16(18)9-10-19-18/h2-8,11,16,19H,9-10,12H2,1H3/t16-,18+/m0/s1. The quantitative estimate of drug-likeness (QED) is 0.851. The van der Waals surface area contributed by atoms with Gasteiger partial charge in [-0.3, -0.25) is 0 Å². The Kier molecular flexibility index (Phi) is 2.61. The molecule has 0 radical (unpaired) electrons. The van der Waals surface area contributed by atoms with Crippen molar-refractivity contribution in [1.29, 1.82) is 0 Å². The van der Waals surface area contributed by atoms with E-state index in [1.54, 1.807) is 0 Å². The molecule has 2 atom stereocenters. The van der Waals surface area contributed by atoms with Gasteiger partial charge in [0, 0.05) is 5.92 Å². The van der Waals surface area contributed by atoms with Gasteiger partial charge in [0.2, 0.25) is 0 Å². The molecule has 0 unspecified atom stereocenters. The maximum atomic E-state index is 5.97. The van der Waals surface area contributed by atoms with Crippen LogP contribution in [0, 0.1) is 0 Å². The Morgan fingerprint density at radius 3 is 2.80 bits per heavy atom. The maximum absolute atomic E-state index is 5.97. The molecule has 20 heavy (non-hydrogen) atoms. The van der Waals surface area contributed by atoms with Crippen LogP contribution in [0.25, 0.3) is 11.1 Å². The summed E-state index contributed by atoms with van der Waals surface area (Å²) < 4.78 is 5.97. The lowest BCUT2D eigenvalue weighted by Crippen LogP contribution is -2.48. The zero-order chi connectivity index (χ0) is 13.6. The van der Waals surface area contributed by atoms with E-state index in [2.05, 4.69) is 60.8 Å². The molecular formula is C18H19NO. The average Bonchev–Trinajstić information content (AvgIpc) is 2.90. The monoisotopic (exact) mass is 265 g/mol. The van der Waals surface area contributed by atoms with E-state index in [0.29, 0.717) is 5.92 Å². The van der Waals surface area contributed by atoms with Crippen LogP contribution in [-0.2, 0) is 0 Å². The fraction of sp³-hybridized carbons (Fsp3) is 0.333. The Morgan fingerprint density at radius 2 is 1.95 bits per heavy atom. The van der Waals surface area contributed by atoms with Crippen LogP contribution in [0.1, 0.15) is 24.8 Å². The van der Waals surface area contributed by atoms with Crippen LogP contribution < -0.4 is 10.1 Å². The van der Waals surface area contributed by atoms with Gasteiger partial charge in [0.15, 0.2) is 0 Å². The highest BCUT2D eigenvalue weighted by Crippen LogP contribution is 2.45. The topological polar surface area (TPSA) is 21.3 Å². The number of benzene rings is 2. The molecule has 2 aromatic carbocycles. The molecule has 0 saturated carbocycles. The third kappa shape index (κ3) is 1.75. The van der Waals surface area contributed by atoms with Crippen LogP contribution in [-0.4, -0.2) is 18.7 Å². The number of nitrogens with one attached hydrogen (secondary N) is 1. The normalized spacial score (nSPS) is 27.6. The van der Waals surface area contributed by atoms with Gasteiger partial charge in [-0.1, -0.05) is 36.4 Å². The summed E-state index contributed by atoms with van der Waals surface area (Å²) >= 11 is 0. The maximum Gasteiger partial charge on any atom is 0.122 e. The molecule has 2 aliphatic rings. The van der Waals surface area contributed by atoms with Gasteiger partial charge in [-0.2, -0.15) is 0 Å². The first kappa shape index (κ1) is 12.0. The predicted octanol–water partition coefficient (Wildman–Crippen LogP) is 3.58. The minimum atomic E-state index is 0.0995. The van der Waals surface area contributed by atoms with Crippen molar-refractivity contribution >= 4 is 0 Å². The number of hydrogen-bond donors (Lipinski definition) is 1. The van der Waals surface area contributed by atoms with Gasteiger partial charge in [-0.25, -0.2) is 0 Å². The van der Waals surface area contributed by atoms with Crippen LogP contribution in [0.3, 0.4) is 0 Å². The summed E-state index contributed by atoms with van der Waals surface area (Å²) in [5.41, 5.74) is 4.02. The van der Waals surface area contributed by atoms with Crippen LogP contribution >= 0.6 is 0 Å². The molecular weight excluding hydrogens is 246 g/mol. The van der Waals surface area contributed by atoms with Gasteiger partial charge >= 0.3 is 0 Å². The summed E-state index contributed by atoms with van der Waals surface area (Å²) in [5.74, 6) is 1.63. The molecule has 2 aliphatic heterocycles. The first-order valence-electron chi connectivity index (χ1n) is 7.33. The van der Waals surface area contributed by atoms with Crippen molar-refractivity contribution in [1.82, 2.24) is 5.32 Å². The summed E-state index contributed by atoms with van der Waals surface area (Å²) in [6, 6.07) is 17.2. The number of rotatable bonds is 1. The number of ether oxygens (including phenoxy) is 1. The molecule has 0 bridgehead atoms. The minimum Gasteiger partial charge on any atom is -0.491 e. The Bertz CT molecular complexity index is 637. The van der Waals surface area contributed by atoms with Gasteiger partial charge in [0.25, 0.3) is 0 Å². The molecule has 0 amide bonds. The lowest BCUT2D eigenvalue weighted by Gasteiger charge is -2.37. The second kappa shape index (κ2) is 4.35. The number of hydrogen-bond acceptors (Lipinski definition) is 2. The predicted molar refractivity (Wildman–Crippen MR) is 81.1 cm³/mol. The Morgan fingerprint density at radius 1 is 1.10 bits per heavy atom. The first-order valence-corrected chi connectivity index (χ1v) is 7.33. The fourth-order valence-corrected chi connectivity index (χ4v) is 3.58. The van der Waals surface area contributed by atoms with Crippen LogP contribution in [0.4, 0.5) is 0 Å². The van der Waals surface area contributed by atoms with E-state index in [1.807, 2.05) is 0 Å². The van der Waals surface area contributed by atoms with Gasteiger partial charge < -0.3 is 10.1 Å². The third-order valence-electron chi connectivity index (χ3n) is 4.75. The summed E-state index contributed by atoms with van der Waals surface area (Å²) in [4.78, 5) is 0. The summed E-state index contributed by atoms with van der Waals surface area (Å²) in [6.07, 6.45) is 1.20. The van der Waals surface area contributed by atoms with Crippen LogP contribution in [0.15, 0.2) is 48.5 Å². The molecule has 1 N–H and O–H groups in total.